The molecule has 0 unspecified atom stereocenters. The predicted molar refractivity (Wildman–Crippen MR) is 80.1 cm³/mol. The van der Waals surface area contributed by atoms with Crippen LogP contribution in [0.25, 0.3) is 0 Å². The quantitative estimate of drug-likeness (QED) is 0.916. The first-order valence-corrected chi connectivity index (χ1v) is 7.76. The molecule has 1 aromatic heterocycles. The zero-order valence-electron chi connectivity index (χ0n) is 11.0. The molecule has 4 heteroatoms. The molecule has 3 nitrogen and oxygen atoms in total. The highest BCUT2D eigenvalue weighted by Crippen LogP contribution is 2.37. The number of nitrogens with two attached hydrogens (primary N) is 1. The number of rotatable bonds is 3. The predicted octanol–water partition coefficient (Wildman–Crippen LogP) is 3.52. The Morgan fingerprint density at radius 1 is 1.42 bits per heavy atom. The van der Waals surface area contributed by atoms with Gasteiger partial charge in [-0.15, -0.1) is 16.9 Å². The van der Waals surface area contributed by atoms with Crippen molar-refractivity contribution in [2.75, 3.05) is 11.5 Å². The highest BCUT2D eigenvalue weighted by molar-refractivity contribution is 7.88. The van der Waals surface area contributed by atoms with Gasteiger partial charge in [-0.2, -0.15) is 5.26 Å². The smallest absolute Gasteiger partial charge is 0.141 e. The largest absolute Gasteiger partial charge is 0.383 e. The Kier molecular flexibility index (Phi) is 4.79. The minimum atomic E-state index is 0.333. The lowest BCUT2D eigenvalue weighted by Gasteiger charge is -2.28. The Labute approximate surface area is 118 Å². The summed E-state index contributed by atoms with van der Waals surface area (Å²) >= 11 is 1.44. The summed E-state index contributed by atoms with van der Waals surface area (Å²) in [5, 5.41) is 9.00. The molecule has 1 fully saturated rings. The minimum absolute atomic E-state index is 0.333. The molecular weight excluding hydrogens is 254 g/mol. The summed E-state index contributed by atoms with van der Waals surface area (Å²) in [5.41, 5.74) is 12.8. The molecule has 0 bridgehead atoms. The Bertz CT molecular complexity index is 519. The highest BCUT2D eigenvalue weighted by Gasteiger charge is 2.22. The number of hydrogen-bond donors (Lipinski definition) is 1. The highest BCUT2D eigenvalue weighted by atomic mass is 32.1. The average molecular weight is 273 g/mol. The van der Waals surface area contributed by atoms with Crippen LogP contribution in [0.1, 0.15) is 49.1 Å². The topological polar surface area (TPSA) is 62.7 Å². The van der Waals surface area contributed by atoms with Crippen LogP contribution >= 0.6 is 11.2 Å². The van der Waals surface area contributed by atoms with Gasteiger partial charge in [0.1, 0.15) is 11.9 Å². The molecule has 100 valence electrons. The first kappa shape index (κ1) is 13.9. The molecule has 19 heavy (non-hydrogen) atoms. The zero-order valence-corrected chi connectivity index (χ0v) is 11.8. The van der Waals surface area contributed by atoms with Gasteiger partial charge >= 0.3 is 0 Å². The Hall–Kier alpha value is -1.56. The maximum atomic E-state index is 9.00. The fourth-order valence-electron chi connectivity index (χ4n) is 2.82. The van der Waals surface area contributed by atoms with E-state index in [1.165, 1.54) is 43.3 Å². The number of nitrogens with zero attached hydrogens (tertiary/aromatic N) is 2. The first-order valence-electron chi connectivity index (χ1n) is 6.71. The molecule has 0 aromatic carbocycles. The van der Waals surface area contributed by atoms with Gasteiger partial charge in [0.15, 0.2) is 0 Å². The van der Waals surface area contributed by atoms with E-state index in [9.17, 15) is 0 Å². The van der Waals surface area contributed by atoms with Crippen molar-refractivity contribution in [3.8, 4) is 11.8 Å². The SMILES string of the molecule is C#SCCC1CCC(c2cnc(N)c(C#N)c2)CC1. The summed E-state index contributed by atoms with van der Waals surface area (Å²) in [6.45, 7) is 0. The van der Waals surface area contributed by atoms with Gasteiger partial charge in [-0.25, -0.2) is 4.98 Å². The van der Waals surface area contributed by atoms with Crippen LogP contribution in [0.2, 0.25) is 0 Å². The van der Waals surface area contributed by atoms with E-state index in [4.69, 9.17) is 16.7 Å². The molecule has 0 amide bonds. The van der Waals surface area contributed by atoms with Crippen LogP contribution in [0, 0.1) is 22.9 Å². The molecule has 1 aliphatic rings. The fourth-order valence-corrected chi connectivity index (χ4v) is 3.29. The number of aromatic nitrogens is 1. The standard InChI is InChI=1S/C15H19N3S/c1-19-7-6-11-2-4-12(5-3-11)14-8-13(9-16)15(17)18-10-14/h1,8,10-12H,2-7H2,(H2,17,18). The van der Waals surface area contributed by atoms with Gasteiger partial charge in [-0.05, 0) is 55.6 Å². The van der Waals surface area contributed by atoms with Gasteiger partial charge in [-0.1, -0.05) is 0 Å². The summed E-state index contributed by atoms with van der Waals surface area (Å²) in [4.78, 5) is 4.13. The molecule has 0 atom stereocenters. The Morgan fingerprint density at radius 3 is 2.79 bits per heavy atom. The van der Waals surface area contributed by atoms with Gasteiger partial charge in [0.25, 0.3) is 0 Å². The van der Waals surface area contributed by atoms with Crippen molar-refractivity contribution in [2.45, 2.75) is 38.0 Å². The average Bonchev–Trinajstić information content (AvgIpc) is 2.46. The Balaban J connectivity index is 1.98. The fraction of sp³-hybridized carbons (Fsp3) is 0.533. The van der Waals surface area contributed by atoms with Crippen LogP contribution in [-0.2, 0) is 0 Å². The molecule has 1 heterocycles. The minimum Gasteiger partial charge on any atom is -0.383 e. The van der Waals surface area contributed by atoms with Crippen molar-refractivity contribution >= 4 is 17.0 Å². The van der Waals surface area contributed by atoms with Crippen molar-refractivity contribution in [1.82, 2.24) is 4.98 Å². The van der Waals surface area contributed by atoms with Gasteiger partial charge in [0.2, 0.25) is 0 Å². The van der Waals surface area contributed by atoms with Crippen LogP contribution in [0.5, 0.6) is 0 Å². The van der Waals surface area contributed by atoms with Gasteiger partial charge in [0.05, 0.1) is 5.56 Å². The lowest BCUT2D eigenvalue weighted by molar-refractivity contribution is 0.320. The maximum Gasteiger partial charge on any atom is 0.141 e. The molecule has 0 aliphatic heterocycles. The molecule has 1 aliphatic carbocycles. The van der Waals surface area contributed by atoms with Gasteiger partial charge in [0, 0.05) is 11.9 Å². The van der Waals surface area contributed by atoms with E-state index >= 15 is 0 Å². The van der Waals surface area contributed by atoms with Crippen molar-refractivity contribution in [1.29, 1.82) is 5.26 Å². The van der Waals surface area contributed by atoms with E-state index in [0.717, 1.165) is 17.2 Å². The third kappa shape index (κ3) is 3.47. The first-order chi connectivity index (χ1) is 9.24. The second-order valence-electron chi connectivity index (χ2n) is 5.19. The van der Waals surface area contributed by atoms with E-state index in [-0.39, 0.29) is 0 Å². The number of nitriles is 1. The molecule has 2 rings (SSSR count). The summed E-state index contributed by atoms with van der Waals surface area (Å²) in [6.07, 6.45) is 7.90. The monoisotopic (exact) mass is 273 g/mol. The lowest BCUT2D eigenvalue weighted by Crippen LogP contribution is -2.14. The maximum absolute atomic E-state index is 9.00. The van der Waals surface area contributed by atoms with Crippen LogP contribution < -0.4 is 5.73 Å². The Morgan fingerprint density at radius 2 is 2.16 bits per heavy atom. The van der Waals surface area contributed by atoms with Crippen LogP contribution in [-0.4, -0.2) is 10.7 Å². The number of hydrogen-bond acceptors (Lipinski definition) is 3. The summed E-state index contributed by atoms with van der Waals surface area (Å²) in [5.74, 6) is 2.73. The second-order valence-corrected chi connectivity index (χ2v) is 5.93. The van der Waals surface area contributed by atoms with Crippen molar-refractivity contribution in [2.24, 2.45) is 5.92 Å². The molecular formula is C15H19N3S. The van der Waals surface area contributed by atoms with E-state index in [1.54, 1.807) is 0 Å². The molecule has 0 spiro atoms. The van der Waals surface area contributed by atoms with Crippen LogP contribution in [0.3, 0.4) is 0 Å². The van der Waals surface area contributed by atoms with Crippen LogP contribution in [0.15, 0.2) is 12.3 Å². The third-order valence-electron chi connectivity index (χ3n) is 4.02. The zero-order chi connectivity index (χ0) is 13.7. The number of nitrogen functional groups attached to an aromatic ring is 1. The summed E-state index contributed by atoms with van der Waals surface area (Å²) in [7, 11) is 0. The van der Waals surface area contributed by atoms with Gasteiger partial charge in [-0.3, -0.25) is 0 Å². The van der Waals surface area contributed by atoms with Crippen molar-refractivity contribution < 1.29 is 0 Å². The van der Waals surface area contributed by atoms with E-state index in [2.05, 4.69) is 11.1 Å². The normalized spacial score (nSPS) is 22.6. The lowest BCUT2D eigenvalue weighted by atomic mass is 9.78. The second kappa shape index (κ2) is 6.56. The summed E-state index contributed by atoms with van der Waals surface area (Å²) in [6, 6.07) is 4.01. The molecule has 2 N–H and O–H groups in total. The van der Waals surface area contributed by atoms with Crippen LogP contribution in [0.4, 0.5) is 5.82 Å². The summed E-state index contributed by atoms with van der Waals surface area (Å²) < 4.78 is 0. The van der Waals surface area contributed by atoms with Crippen molar-refractivity contribution in [3.63, 3.8) is 0 Å². The molecule has 0 radical (unpaired) electrons. The molecule has 0 saturated heterocycles. The molecule has 1 aromatic rings. The number of anilines is 1. The van der Waals surface area contributed by atoms with Crippen molar-refractivity contribution in [3.05, 3.63) is 23.4 Å². The van der Waals surface area contributed by atoms with Gasteiger partial charge < -0.3 is 5.73 Å². The molecule has 1 saturated carbocycles. The van der Waals surface area contributed by atoms with E-state index < -0.39 is 0 Å². The van der Waals surface area contributed by atoms with E-state index in [0.29, 0.717) is 17.3 Å². The number of pyridine rings is 1. The third-order valence-corrected chi connectivity index (χ3v) is 4.49. The van der Waals surface area contributed by atoms with E-state index in [1.807, 2.05) is 12.3 Å².